The second kappa shape index (κ2) is 8.49. The molecule has 3 N–H and O–H groups in total. The zero-order valence-corrected chi connectivity index (χ0v) is 14.3. The van der Waals surface area contributed by atoms with E-state index in [2.05, 4.69) is 26.4 Å². The number of anilines is 1. The molecule has 0 aliphatic rings. The summed E-state index contributed by atoms with van der Waals surface area (Å²) in [7, 11) is 0. The third-order valence-electron chi connectivity index (χ3n) is 2.50. The van der Waals surface area contributed by atoms with Crippen molar-refractivity contribution < 1.29 is 9.59 Å². The highest BCUT2D eigenvalue weighted by Crippen LogP contribution is 2.25. The van der Waals surface area contributed by atoms with Gasteiger partial charge < -0.3 is 5.32 Å². The molecule has 2 amide bonds. The molecule has 0 aliphatic heterocycles. The summed E-state index contributed by atoms with van der Waals surface area (Å²) < 4.78 is 0.692. The molecular formula is C14H17N5O2S2. The van der Waals surface area contributed by atoms with E-state index in [1.54, 1.807) is 24.3 Å². The number of aromatic nitrogens is 2. The number of carbonyl (C=O) groups excluding carboxylic acids is 2. The zero-order chi connectivity index (χ0) is 16.7. The lowest BCUT2D eigenvalue weighted by molar-refractivity contribution is -0.119. The van der Waals surface area contributed by atoms with E-state index in [0.29, 0.717) is 9.90 Å². The van der Waals surface area contributed by atoms with Gasteiger partial charge in [-0.2, -0.15) is 0 Å². The largest absolute Gasteiger partial charge is 0.358 e. The van der Waals surface area contributed by atoms with Crippen LogP contribution in [0.1, 0.15) is 24.2 Å². The fraction of sp³-hybridized carbons (Fsp3) is 0.286. The van der Waals surface area contributed by atoms with Gasteiger partial charge in [0.2, 0.25) is 11.0 Å². The Kier molecular flexibility index (Phi) is 6.36. The Morgan fingerprint density at radius 3 is 2.61 bits per heavy atom. The SMILES string of the molecule is CC(C)Nc1nnc(SCC(=O)NNC(=O)c2ccccc2)s1. The predicted molar refractivity (Wildman–Crippen MR) is 91.4 cm³/mol. The molecule has 0 aliphatic carbocycles. The molecule has 2 rings (SSSR count). The van der Waals surface area contributed by atoms with Crippen LogP contribution in [-0.4, -0.2) is 33.8 Å². The normalized spacial score (nSPS) is 10.4. The first kappa shape index (κ1) is 17.2. The number of hydrogen-bond acceptors (Lipinski definition) is 7. The van der Waals surface area contributed by atoms with Gasteiger partial charge in [0, 0.05) is 11.6 Å². The van der Waals surface area contributed by atoms with Crippen LogP contribution in [0.3, 0.4) is 0 Å². The molecule has 2 aromatic rings. The molecule has 1 aromatic heterocycles. The van der Waals surface area contributed by atoms with Crippen molar-refractivity contribution in [3.05, 3.63) is 35.9 Å². The summed E-state index contributed by atoms with van der Waals surface area (Å²) in [5, 5.41) is 11.8. The van der Waals surface area contributed by atoms with Crippen LogP contribution in [0, 0.1) is 0 Å². The highest BCUT2D eigenvalue weighted by Gasteiger charge is 2.10. The van der Waals surface area contributed by atoms with Crippen molar-refractivity contribution >= 4 is 40.0 Å². The molecular weight excluding hydrogens is 334 g/mol. The summed E-state index contributed by atoms with van der Waals surface area (Å²) in [5.74, 6) is -0.526. The first-order valence-corrected chi connectivity index (χ1v) is 8.72. The van der Waals surface area contributed by atoms with Crippen molar-refractivity contribution in [2.75, 3.05) is 11.1 Å². The van der Waals surface area contributed by atoms with E-state index in [-0.39, 0.29) is 23.6 Å². The summed E-state index contributed by atoms with van der Waals surface area (Å²) in [6.45, 7) is 4.02. The van der Waals surface area contributed by atoms with Crippen LogP contribution in [0.2, 0.25) is 0 Å². The van der Waals surface area contributed by atoms with E-state index in [1.807, 2.05) is 19.9 Å². The van der Waals surface area contributed by atoms with Gasteiger partial charge in [0.25, 0.3) is 5.91 Å². The van der Waals surface area contributed by atoms with Crippen LogP contribution in [0.25, 0.3) is 0 Å². The van der Waals surface area contributed by atoms with E-state index < -0.39 is 0 Å². The van der Waals surface area contributed by atoms with Crippen LogP contribution in [0.4, 0.5) is 5.13 Å². The topological polar surface area (TPSA) is 96.0 Å². The molecule has 122 valence electrons. The summed E-state index contributed by atoms with van der Waals surface area (Å²) >= 11 is 2.65. The average Bonchev–Trinajstić information content (AvgIpc) is 2.98. The Morgan fingerprint density at radius 1 is 1.17 bits per heavy atom. The van der Waals surface area contributed by atoms with Crippen molar-refractivity contribution in [3.8, 4) is 0 Å². The Labute approximate surface area is 142 Å². The van der Waals surface area contributed by atoms with Gasteiger partial charge in [0.05, 0.1) is 5.75 Å². The number of nitrogens with zero attached hydrogens (tertiary/aromatic N) is 2. The first-order valence-electron chi connectivity index (χ1n) is 6.91. The number of rotatable bonds is 6. The smallest absolute Gasteiger partial charge is 0.269 e. The average molecular weight is 351 g/mol. The van der Waals surface area contributed by atoms with Crippen LogP contribution >= 0.6 is 23.1 Å². The monoisotopic (exact) mass is 351 g/mol. The maximum absolute atomic E-state index is 11.8. The third-order valence-corrected chi connectivity index (χ3v) is 4.48. The molecule has 0 fully saturated rings. The van der Waals surface area contributed by atoms with Gasteiger partial charge in [-0.1, -0.05) is 41.3 Å². The summed E-state index contributed by atoms with van der Waals surface area (Å²) in [4.78, 5) is 23.5. The van der Waals surface area contributed by atoms with E-state index in [9.17, 15) is 9.59 Å². The molecule has 9 heteroatoms. The van der Waals surface area contributed by atoms with Gasteiger partial charge in [-0.05, 0) is 26.0 Å². The molecule has 0 radical (unpaired) electrons. The van der Waals surface area contributed by atoms with E-state index in [4.69, 9.17) is 0 Å². The lowest BCUT2D eigenvalue weighted by Crippen LogP contribution is -2.42. The molecule has 1 heterocycles. The van der Waals surface area contributed by atoms with Gasteiger partial charge >= 0.3 is 0 Å². The van der Waals surface area contributed by atoms with Crippen LogP contribution in [-0.2, 0) is 4.79 Å². The van der Waals surface area contributed by atoms with Gasteiger partial charge in [-0.15, -0.1) is 10.2 Å². The quantitative estimate of drug-likeness (QED) is 0.543. The minimum atomic E-state index is -0.358. The van der Waals surface area contributed by atoms with Crippen LogP contribution in [0.15, 0.2) is 34.7 Å². The number of benzene rings is 1. The van der Waals surface area contributed by atoms with Gasteiger partial charge in [0.1, 0.15) is 0 Å². The maximum Gasteiger partial charge on any atom is 0.269 e. The van der Waals surface area contributed by atoms with Crippen molar-refractivity contribution in [3.63, 3.8) is 0 Å². The molecule has 7 nitrogen and oxygen atoms in total. The lowest BCUT2D eigenvalue weighted by Gasteiger charge is -2.06. The van der Waals surface area contributed by atoms with Crippen molar-refractivity contribution in [1.82, 2.24) is 21.0 Å². The van der Waals surface area contributed by atoms with Crippen LogP contribution in [0.5, 0.6) is 0 Å². The highest BCUT2D eigenvalue weighted by molar-refractivity contribution is 8.01. The minimum absolute atomic E-state index is 0.144. The maximum atomic E-state index is 11.8. The molecule has 0 atom stereocenters. The van der Waals surface area contributed by atoms with E-state index in [0.717, 1.165) is 5.13 Å². The van der Waals surface area contributed by atoms with Crippen molar-refractivity contribution in [1.29, 1.82) is 0 Å². The summed E-state index contributed by atoms with van der Waals surface area (Å²) in [6, 6.07) is 8.94. The number of nitrogens with one attached hydrogen (secondary N) is 3. The van der Waals surface area contributed by atoms with Crippen LogP contribution < -0.4 is 16.2 Å². The molecule has 0 saturated heterocycles. The number of hydrogen-bond donors (Lipinski definition) is 3. The van der Waals surface area contributed by atoms with Crippen molar-refractivity contribution in [2.24, 2.45) is 0 Å². The molecule has 0 bridgehead atoms. The first-order chi connectivity index (χ1) is 11.0. The van der Waals surface area contributed by atoms with Gasteiger partial charge in [-0.25, -0.2) is 0 Å². The Bertz CT molecular complexity index is 660. The number of thioether (sulfide) groups is 1. The molecule has 0 unspecified atom stereocenters. The molecule has 0 saturated carbocycles. The predicted octanol–water partition coefficient (Wildman–Crippen LogP) is 1.91. The summed E-state index contributed by atoms with van der Waals surface area (Å²) in [6.07, 6.45) is 0. The fourth-order valence-corrected chi connectivity index (χ4v) is 3.22. The fourth-order valence-electron chi connectivity index (χ4n) is 1.52. The van der Waals surface area contributed by atoms with Gasteiger partial charge in [0.15, 0.2) is 4.34 Å². The molecule has 0 spiro atoms. The molecule has 1 aromatic carbocycles. The Morgan fingerprint density at radius 2 is 1.91 bits per heavy atom. The number of amides is 2. The molecule has 23 heavy (non-hydrogen) atoms. The standard InChI is InChI=1S/C14H17N5O2S2/c1-9(2)15-13-18-19-14(23-13)22-8-11(20)16-17-12(21)10-6-4-3-5-7-10/h3-7,9H,8H2,1-2H3,(H,15,18)(H,16,20)(H,17,21). The Balaban J connectivity index is 1.73. The van der Waals surface area contributed by atoms with E-state index in [1.165, 1.54) is 23.1 Å². The van der Waals surface area contributed by atoms with Gasteiger partial charge in [-0.3, -0.25) is 20.4 Å². The second-order valence-corrected chi connectivity index (χ2v) is 7.03. The third kappa shape index (κ3) is 5.87. The van der Waals surface area contributed by atoms with Crippen molar-refractivity contribution in [2.45, 2.75) is 24.2 Å². The Hall–Kier alpha value is -2.13. The minimum Gasteiger partial charge on any atom is -0.358 e. The number of carbonyl (C=O) groups is 2. The highest BCUT2D eigenvalue weighted by atomic mass is 32.2. The second-order valence-electron chi connectivity index (χ2n) is 4.83. The number of hydrazine groups is 1. The lowest BCUT2D eigenvalue weighted by atomic mass is 10.2. The van der Waals surface area contributed by atoms with E-state index >= 15 is 0 Å². The zero-order valence-electron chi connectivity index (χ0n) is 12.7. The summed E-state index contributed by atoms with van der Waals surface area (Å²) in [5.41, 5.74) is 5.22.